The molecule has 33 heavy (non-hydrogen) atoms. The Morgan fingerprint density at radius 3 is 2.39 bits per heavy atom. The first-order valence-electron chi connectivity index (χ1n) is 10.6. The Balaban J connectivity index is 1.29. The fraction of sp³-hybridized carbons (Fsp3) is 0.318. The van der Waals surface area contributed by atoms with Gasteiger partial charge in [-0.2, -0.15) is 4.98 Å². The van der Waals surface area contributed by atoms with Crippen LogP contribution >= 0.6 is 0 Å². The van der Waals surface area contributed by atoms with Gasteiger partial charge in [0.15, 0.2) is 5.82 Å². The molecule has 0 saturated carbocycles. The third-order valence-electron chi connectivity index (χ3n) is 5.63. The number of anilines is 1. The number of aromatic nitrogens is 2. The average molecular weight is 471 g/mol. The van der Waals surface area contributed by atoms with Crippen molar-refractivity contribution >= 4 is 21.7 Å². The highest BCUT2D eigenvalue weighted by Crippen LogP contribution is 2.21. The maximum Gasteiger partial charge on any atom is 0.321 e. The van der Waals surface area contributed by atoms with Crippen LogP contribution in [0, 0.1) is 0 Å². The number of carbonyl (C=O) groups is 1. The van der Waals surface area contributed by atoms with Gasteiger partial charge in [-0.1, -0.05) is 35.5 Å². The molecular formula is C22H26N6O4S. The van der Waals surface area contributed by atoms with E-state index in [-0.39, 0.29) is 17.0 Å². The van der Waals surface area contributed by atoms with E-state index in [9.17, 15) is 13.2 Å². The quantitative estimate of drug-likeness (QED) is 0.564. The second-order valence-corrected chi connectivity index (χ2v) is 9.47. The molecule has 3 aromatic rings. The first kappa shape index (κ1) is 22.9. The Kier molecular flexibility index (Phi) is 6.72. The van der Waals surface area contributed by atoms with Crippen molar-refractivity contribution in [2.45, 2.75) is 24.3 Å². The highest BCUT2D eigenvalue weighted by atomic mass is 32.2. The number of nitrogens with two attached hydrogens (primary N) is 1. The zero-order valence-corrected chi connectivity index (χ0v) is 19.0. The van der Waals surface area contributed by atoms with Crippen LogP contribution in [0.25, 0.3) is 0 Å². The van der Waals surface area contributed by atoms with Crippen LogP contribution < -0.4 is 10.5 Å². The summed E-state index contributed by atoms with van der Waals surface area (Å²) in [5, 5.41) is 12.0. The Morgan fingerprint density at radius 2 is 1.76 bits per heavy atom. The summed E-state index contributed by atoms with van der Waals surface area (Å²) >= 11 is 0. The SMILES string of the molecule is C[C@H](c1nc(Cc2ccccc2)no1)N1CCN(C(=O)Nc2ccc(S(N)(=O)=O)cc2)CC1. The summed E-state index contributed by atoms with van der Waals surface area (Å²) < 4.78 is 28.2. The summed E-state index contributed by atoms with van der Waals surface area (Å²) in [7, 11) is -3.77. The number of benzene rings is 2. The van der Waals surface area contributed by atoms with E-state index in [0.717, 1.165) is 5.56 Å². The average Bonchev–Trinajstić information content (AvgIpc) is 3.27. The van der Waals surface area contributed by atoms with E-state index < -0.39 is 10.0 Å². The molecule has 2 heterocycles. The molecule has 1 atom stereocenters. The lowest BCUT2D eigenvalue weighted by Crippen LogP contribution is -2.50. The lowest BCUT2D eigenvalue weighted by molar-refractivity contribution is 0.104. The molecule has 1 fully saturated rings. The Bertz CT molecular complexity index is 1190. The van der Waals surface area contributed by atoms with Crippen LogP contribution in [-0.4, -0.2) is 60.6 Å². The number of primary sulfonamides is 1. The summed E-state index contributed by atoms with van der Waals surface area (Å²) in [6, 6.07) is 15.4. The fourth-order valence-corrected chi connectivity index (χ4v) is 4.20. The van der Waals surface area contributed by atoms with Crippen LogP contribution in [-0.2, 0) is 16.4 Å². The molecule has 3 N–H and O–H groups in total. The molecule has 0 bridgehead atoms. The fourth-order valence-electron chi connectivity index (χ4n) is 3.69. The van der Waals surface area contributed by atoms with Crippen molar-refractivity contribution in [3.8, 4) is 0 Å². The molecule has 1 aromatic heterocycles. The molecular weight excluding hydrogens is 444 g/mol. The van der Waals surface area contributed by atoms with Gasteiger partial charge in [0.1, 0.15) is 0 Å². The molecule has 0 spiro atoms. The maximum atomic E-state index is 12.6. The second-order valence-electron chi connectivity index (χ2n) is 7.91. The number of urea groups is 1. The molecule has 0 radical (unpaired) electrons. The van der Waals surface area contributed by atoms with E-state index in [1.165, 1.54) is 24.3 Å². The molecule has 0 unspecified atom stereocenters. The van der Waals surface area contributed by atoms with Gasteiger partial charge in [0.05, 0.1) is 10.9 Å². The van der Waals surface area contributed by atoms with Gasteiger partial charge in [-0.15, -0.1) is 0 Å². The Hall–Kier alpha value is -3.28. The third kappa shape index (κ3) is 5.75. The van der Waals surface area contributed by atoms with Crippen molar-refractivity contribution in [2.24, 2.45) is 5.14 Å². The number of amides is 2. The monoisotopic (exact) mass is 470 g/mol. The van der Waals surface area contributed by atoms with Crippen molar-refractivity contribution in [1.29, 1.82) is 0 Å². The minimum Gasteiger partial charge on any atom is -0.338 e. The number of sulfonamides is 1. The van der Waals surface area contributed by atoms with Crippen LogP contribution in [0.4, 0.5) is 10.5 Å². The van der Waals surface area contributed by atoms with Crippen LogP contribution in [0.15, 0.2) is 64.0 Å². The van der Waals surface area contributed by atoms with Crippen LogP contribution in [0.5, 0.6) is 0 Å². The number of nitrogens with zero attached hydrogens (tertiary/aromatic N) is 4. The van der Waals surface area contributed by atoms with Gasteiger partial charge in [0.2, 0.25) is 15.9 Å². The molecule has 174 valence electrons. The van der Waals surface area contributed by atoms with E-state index >= 15 is 0 Å². The molecule has 2 aromatic carbocycles. The number of hydrogen-bond donors (Lipinski definition) is 2. The smallest absolute Gasteiger partial charge is 0.321 e. The molecule has 10 nitrogen and oxygen atoms in total. The Morgan fingerprint density at radius 1 is 1.09 bits per heavy atom. The van der Waals surface area contributed by atoms with Gasteiger partial charge in [-0.05, 0) is 36.8 Å². The summed E-state index contributed by atoms with van der Waals surface area (Å²) in [5.74, 6) is 1.21. The first-order chi connectivity index (χ1) is 15.8. The minimum absolute atomic E-state index is 0.00366. The van der Waals surface area contributed by atoms with Gasteiger partial charge >= 0.3 is 6.03 Å². The highest BCUT2D eigenvalue weighted by molar-refractivity contribution is 7.89. The number of hydrogen-bond acceptors (Lipinski definition) is 7. The van der Waals surface area contributed by atoms with E-state index in [1.54, 1.807) is 4.90 Å². The zero-order valence-electron chi connectivity index (χ0n) is 18.2. The van der Waals surface area contributed by atoms with Crippen molar-refractivity contribution in [3.63, 3.8) is 0 Å². The molecule has 1 saturated heterocycles. The predicted molar refractivity (Wildman–Crippen MR) is 122 cm³/mol. The van der Waals surface area contributed by atoms with Crippen LogP contribution in [0.2, 0.25) is 0 Å². The highest BCUT2D eigenvalue weighted by Gasteiger charge is 2.27. The molecule has 1 aliphatic heterocycles. The molecule has 0 aliphatic carbocycles. The van der Waals surface area contributed by atoms with Gasteiger partial charge in [0, 0.05) is 38.3 Å². The van der Waals surface area contributed by atoms with Crippen molar-refractivity contribution < 1.29 is 17.7 Å². The minimum atomic E-state index is -3.77. The zero-order chi connectivity index (χ0) is 23.4. The van der Waals surface area contributed by atoms with Crippen molar-refractivity contribution in [3.05, 3.63) is 71.9 Å². The van der Waals surface area contributed by atoms with Gasteiger partial charge < -0.3 is 14.7 Å². The summed E-state index contributed by atoms with van der Waals surface area (Å²) in [4.78, 5) is 21.0. The van der Waals surface area contributed by atoms with Gasteiger partial charge in [-0.3, -0.25) is 4.90 Å². The molecule has 1 aliphatic rings. The van der Waals surface area contributed by atoms with Crippen LogP contribution in [0.3, 0.4) is 0 Å². The van der Waals surface area contributed by atoms with E-state index in [0.29, 0.717) is 50.0 Å². The predicted octanol–water partition coefficient (Wildman–Crippen LogP) is 2.22. The molecule has 11 heteroatoms. The number of nitrogens with one attached hydrogen (secondary N) is 1. The van der Waals surface area contributed by atoms with Crippen molar-refractivity contribution in [1.82, 2.24) is 19.9 Å². The number of carbonyl (C=O) groups excluding carboxylic acids is 1. The van der Waals surface area contributed by atoms with Gasteiger partial charge in [-0.25, -0.2) is 18.4 Å². The van der Waals surface area contributed by atoms with Crippen LogP contribution in [0.1, 0.15) is 30.2 Å². The van der Waals surface area contributed by atoms with E-state index in [1.807, 2.05) is 37.3 Å². The molecule has 2 amide bonds. The topological polar surface area (TPSA) is 135 Å². The number of piperazine rings is 1. The maximum absolute atomic E-state index is 12.6. The second kappa shape index (κ2) is 9.69. The lowest BCUT2D eigenvalue weighted by Gasteiger charge is -2.36. The van der Waals surface area contributed by atoms with Crippen molar-refractivity contribution in [2.75, 3.05) is 31.5 Å². The summed E-state index contributed by atoms with van der Waals surface area (Å²) in [6.07, 6.45) is 0.614. The van der Waals surface area contributed by atoms with Gasteiger partial charge in [0.25, 0.3) is 0 Å². The summed E-state index contributed by atoms with van der Waals surface area (Å²) in [5.41, 5.74) is 1.62. The van der Waals surface area contributed by atoms with E-state index in [2.05, 4.69) is 20.4 Å². The lowest BCUT2D eigenvalue weighted by atomic mass is 10.1. The third-order valence-corrected chi connectivity index (χ3v) is 6.56. The number of rotatable bonds is 6. The first-order valence-corrected chi connectivity index (χ1v) is 12.1. The summed E-state index contributed by atoms with van der Waals surface area (Å²) in [6.45, 7) is 4.42. The molecule has 4 rings (SSSR count). The Labute approximate surface area is 192 Å². The standard InChI is InChI=1S/C22H26N6O4S/c1-16(21-25-20(26-32-21)15-17-5-3-2-4-6-17)27-11-13-28(14-12-27)22(29)24-18-7-9-19(10-8-18)33(23,30)31/h2-10,16H,11-15H2,1H3,(H,24,29)(H2,23,30,31)/t16-/m1/s1. The normalized spacial score (nSPS) is 15.9. The largest absolute Gasteiger partial charge is 0.338 e. The van der Waals surface area contributed by atoms with E-state index in [4.69, 9.17) is 9.66 Å².